The van der Waals surface area contributed by atoms with Crippen molar-refractivity contribution in [2.75, 3.05) is 16.0 Å². The van der Waals surface area contributed by atoms with E-state index in [9.17, 15) is 18.3 Å². The van der Waals surface area contributed by atoms with Crippen LogP contribution in [-0.4, -0.2) is 38.0 Å². The summed E-state index contributed by atoms with van der Waals surface area (Å²) in [5.74, 6) is -1.13. The third-order valence-corrected chi connectivity index (χ3v) is 9.97. The van der Waals surface area contributed by atoms with Crippen LogP contribution in [0.15, 0.2) is 75.7 Å². The number of nitrogens with one attached hydrogen (secondary N) is 1. The number of para-hydroxylation sites is 2. The molecule has 44 heavy (non-hydrogen) atoms. The van der Waals surface area contributed by atoms with E-state index in [1.54, 1.807) is 44.2 Å². The highest BCUT2D eigenvalue weighted by atomic mass is 32.2. The molecule has 9 nitrogen and oxygen atoms in total. The van der Waals surface area contributed by atoms with Gasteiger partial charge in [0.1, 0.15) is 48.4 Å². The average Bonchev–Trinajstić information content (AvgIpc) is 3.19. The number of hydrogen-bond acceptors (Lipinski definition) is 8. The number of aryl methyl sites for hydroxylation is 2. The molecule has 0 saturated heterocycles. The third-order valence-electron chi connectivity index (χ3n) is 7.67. The van der Waals surface area contributed by atoms with Crippen LogP contribution in [0, 0.1) is 25.1 Å². The van der Waals surface area contributed by atoms with Crippen LogP contribution in [0.4, 0.5) is 15.8 Å². The van der Waals surface area contributed by atoms with Gasteiger partial charge in [0.2, 0.25) is 0 Å². The number of amides is 1. The number of oxazole rings is 1. The van der Waals surface area contributed by atoms with Crippen LogP contribution in [-0.2, 0) is 9.84 Å². The fourth-order valence-electron chi connectivity index (χ4n) is 5.94. The van der Waals surface area contributed by atoms with Crippen LogP contribution >= 0.6 is 0 Å². The van der Waals surface area contributed by atoms with E-state index < -0.39 is 33.0 Å². The number of aromatic nitrogens is 1. The lowest BCUT2D eigenvalue weighted by atomic mass is 9.88. The van der Waals surface area contributed by atoms with E-state index in [1.165, 1.54) is 29.2 Å². The number of allylic oxidation sites excluding steroid dienone is 1. The largest absolute Gasteiger partial charge is 0.506 e. The fraction of sp³-hybridized carbons (Fsp3) is 0.250. The van der Waals surface area contributed by atoms with Crippen molar-refractivity contribution in [3.05, 3.63) is 100.0 Å². The molecule has 0 spiro atoms. The van der Waals surface area contributed by atoms with Gasteiger partial charge in [-0.15, -0.1) is 0 Å². The Balaban J connectivity index is 1.61. The first-order valence-electron chi connectivity index (χ1n) is 13.9. The smallest absolute Gasteiger partial charge is 0.281 e. The molecule has 2 aliphatic heterocycles. The highest BCUT2D eigenvalue weighted by molar-refractivity contribution is 7.95. The number of rotatable bonds is 4. The molecule has 224 valence electrons. The summed E-state index contributed by atoms with van der Waals surface area (Å²) in [6, 6.07) is 13.8. The monoisotopic (exact) mass is 613 g/mol. The molecule has 2 radical (unpaired) electrons. The Labute approximate surface area is 255 Å². The van der Waals surface area contributed by atoms with E-state index in [2.05, 4.69) is 10.3 Å². The number of phenols is 1. The molecule has 1 unspecified atom stereocenters. The number of anilines is 2. The first-order chi connectivity index (χ1) is 20.8. The lowest BCUT2D eigenvalue weighted by Gasteiger charge is -2.37. The van der Waals surface area contributed by atoms with Gasteiger partial charge < -0.3 is 19.6 Å². The van der Waals surface area contributed by atoms with Crippen LogP contribution in [0.2, 0.25) is 0 Å². The maximum Gasteiger partial charge on any atom is 0.281 e. The van der Waals surface area contributed by atoms with Gasteiger partial charge in [0.15, 0.2) is 21.4 Å². The maximum absolute atomic E-state index is 16.3. The Morgan fingerprint density at radius 1 is 1.16 bits per heavy atom. The van der Waals surface area contributed by atoms with Crippen molar-refractivity contribution in [2.45, 2.75) is 40.2 Å². The Morgan fingerprint density at radius 3 is 2.59 bits per heavy atom. The van der Waals surface area contributed by atoms with E-state index in [4.69, 9.17) is 17.0 Å². The van der Waals surface area contributed by atoms with Gasteiger partial charge in [-0.25, -0.2) is 17.8 Å². The van der Waals surface area contributed by atoms with Crippen LogP contribution in [0.5, 0.6) is 17.2 Å². The number of sulfone groups is 1. The fourth-order valence-corrected chi connectivity index (χ4v) is 8.30. The highest BCUT2D eigenvalue weighted by Crippen LogP contribution is 2.52. The summed E-state index contributed by atoms with van der Waals surface area (Å²) in [4.78, 5) is 19.7. The summed E-state index contributed by atoms with van der Waals surface area (Å²) in [6.45, 7) is 6.77. The predicted octanol–water partition coefficient (Wildman–Crippen LogP) is 5.59. The Kier molecular flexibility index (Phi) is 7.07. The van der Waals surface area contributed by atoms with Gasteiger partial charge in [-0.05, 0) is 49.1 Å². The second kappa shape index (κ2) is 10.5. The number of benzene rings is 3. The molecule has 3 heterocycles. The van der Waals surface area contributed by atoms with Gasteiger partial charge in [-0.2, -0.15) is 0 Å². The van der Waals surface area contributed by atoms with E-state index in [-0.39, 0.29) is 68.6 Å². The molecule has 3 aromatic carbocycles. The zero-order valence-electron chi connectivity index (χ0n) is 24.5. The first kappa shape index (κ1) is 29.5. The lowest BCUT2D eigenvalue weighted by Crippen LogP contribution is -2.41. The average molecular weight is 613 g/mol. The first-order valence-corrected chi connectivity index (χ1v) is 15.6. The molecule has 0 bridgehead atoms. The summed E-state index contributed by atoms with van der Waals surface area (Å²) in [5.41, 5.74) is 0.00144. The molecular formula is C32H29BFN3O6S. The van der Waals surface area contributed by atoms with E-state index in [0.29, 0.717) is 11.2 Å². The molecular weight excluding hydrogens is 584 g/mol. The van der Waals surface area contributed by atoms with E-state index in [0.717, 1.165) is 6.07 Å². The molecule has 0 aliphatic carbocycles. The van der Waals surface area contributed by atoms with Crippen LogP contribution in [0.1, 0.15) is 54.0 Å². The number of phenolic OH excluding ortho intramolecular Hbond substituents is 1. The highest BCUT2D eigenvalue weighted by Gasteiger charge is 2.48. The number of carbonyl (C=O) groups is 1. The molecule has 0 fully saturated rings. The molecule has 1 amide bonds. The van der Waals surface area contributed by atoms with Crippen molar-refractivity contribution < 1.29 is 31.9 Å². The van der Waals surface area contributed by atoms with Gasteiger partial charge in [0, 0.05) is 24.3 Å². The summed E-state index contributed by atoms with van der Waals surface area (Å²) < 4.78 is 56.0. The number of halogens is 1. The molecule has 4 aromatic rings. The minimum absolute atomic E-state index is 0.0701. The van der Waals surface area contributed by atoms with E-state index in [1.807, 2.05) is 13.8 Å². The second-order valence-electron chi connectivity index (χ2n) is 11.8. The zero-order chi connectivity index (χ0) is 31.6. The summed E-state index contributed by atoms with van der Waals surface area (Å²) in [6.07, 6.45) is 0.256. The summed E-state index contributed by atoms with van der Waals surface area (Å²) in [7, 11) is 1.90. The number of fused-ring (bicyclic) bond motifs is 1. The van der Waals surface area contributed by atoms with Gasteiger partial charge in [-0.1, -0.05) is 43.6 Å². The molecule has 12 heteroatoms. The van der Waals surface area contributed by atoms with E-state index >= 15 is 4.39 Å². The third kappa shape index (κ3) is 5.13. The topological polar surface area (TPSA) is 122 Å². The van der Waals surface area contributed by atoms with Gasteiger partial charge >= 0.3 is 0 Å². The summed E-state index contributed by atoms with van der Waals surface area (Å²) >= 11 is 0. The second-order valence-corrected chi connectivity index (χ2v) is 13.7. The van der Waals surface area contributed by atoms with Crippen LogP contribution in [0.3, 0.4) is 0 Å². The van der Waals surface area contributed by atoms with Crippen molar-refractivity contribution in [1.29, 1.82) is 0 Å². The number of hydrogen-bond donors (Lipinski definition) is 2. The quantitative estimate of drug-likeness (QED) is 0.226. The SMILES string of the molecule is [B]c1ccccc1Oc1ccc(C2C3=C(CC(C)(C)CS3(=O)=O)Nc3c(O)cccc3N2C(=O)c2nc(C)oc2C)c(F)c1. The molecule has 1 atom stereocenters. The zero-order valence-corrected chi connectivity index (χ0v) is 25.3. The van der Waals surface area contributed by atoms with Crippen LogP contribution < -0.4 is 20.4 Å². The van der Waals surface area contributed by atoms with Gasteiger partial charge in [0.05, 0.1) is 16.3 Å². The molecule has 2 N–H and O–H groups in total. The molecule has 0 saturated carbocycles. The molecule has 6 rings (SSSR count). The Bertz CT molecular complexity index is 1970. The lowest BCUT2D eigenvalue weighted by molar-refractivity contribution is 0.0974. The van der Waals surface area contributed by atoms with Crippen molar-refractivity contribution >= 4 is 40.4 Å². The number of carbonyl (C=O) groups excluding carboxylic acids is 1. The number of aromatic hydroxyl groups is 1. The van der Waals surface area contributed by atoms with Crippen molar-refractivity contribution in [2.24, 2.45) is 5.41 Å². The minimum Gasteiger partial charge on any atom is -0.506 e. The molecule has 1 aromatic heterocycles. The number of nitrogens with zero attached hydrogens (tertiary/aromatic N) is 2. The summed E-state index contributed by atoms with van der Waals surface area (Å²) in [5, 5.41) is 14.1. The van der Waals surface area contributed by atoms with Crippen molar-refractivity contribution in [3.63, 3.8) is 0 Å². The van der Waals surface area contributed by atoms with Gasteiger partial charge in [0.25, 0.3) is 5.91 Å². The maximum atomic E-state index is 16.3. The minimum atomic E-state index is -4.09. The van der Waals surface area contributed by atoms with Crippen LogP contribution in [0.25, 0.3) is 0 Å². The Morgan fingerprint density at radius 2 is 1.91 bits per heavy atom. The van der Waals surface area contributed by atoms with Gasteiger partial charge in [-0.3, -0.25) is 9.69 Å². The predicted molar refractivity (Wildman–Crippen MR) is 165 cm³/mol. The Hall–Kier alpha value is -4.58. The standard InChI is InChI=1S/C32H29BFN3O6S/c1-17-27(35-18(2)42-17)31(39)37-24-9-7-10-25(38)28(24)36-23-15-32(3,4)16-44(40,41)30(23)29(37)20-13-12-19(14-22(20)34)43-26-11-6-5-8-21(26)33/h5-14,29,36,38H,15-16H2,1-4H3. The van der Waals surface area contributed by atoms with Crippen molar-refractivity contribution in [3.8, 4) is 17.2 Å². The molecule has 2 aliphatic rings. The van der Waals surface area contributed by atoms with Crippen molar-refractivity contribution in [1.82, 2.24) is 4.98 Å². The normalized spacial score (nSPS) is 18.6. The number of ether oxygens (including phenoxy) is 1.